The zero-order chi connectivity index (χ0) is 12.3. The molecule has 0 bridgehead atoms. The number of hydrogen-bond acceptors (Lipinski definition) is 4. The van der Waals surface area contributed by atoms with Gasteiger partial charge in [0.1, 0.15) is 5.82 Å². The number of piperazine rings is 1. The van der Waals surface area contributed by atoms with Crippen molar-refractivity contribution in [3.8, 4) is 0 Å². The van der Waals surface area contributed by atoms with Crippen molar-refractivity contribution in [2.45, 2.75) is 26.0 Å². The number of aliphatic hydroxyl groups excluding tert-OH is 1. The van der Waals surface area contributed by atoms with Gasteiger partial charge in [-0.05, 0) is 26.0 Å². The summed E-state index contributed by atoms with van der Waals surface area (Å²) in [7, 11) is 0. The van der Waals surface area contributed by atoms with Gasteiger partial charge in [0.2, 0.25) is 0 Å². The highest BCUT2D eigenvalue weighted by Gasteiger charge is 2.24. The molecule has 1 aliphatic rings. The zero-order valence-corrected chi connectivity index (χ0v) is 10.6. The average molecular weight is 235 g/mol. The summed E-state index contributed by atoms with van der Waals surface area (Å²) in [5.74, 6) is 1.05. The van der Waals surface area contributed by atoms with Gasteiger partial charge in [0, 0.05) is 38.4 Å². The fourth-order valence-corrected chi connectivity index (χ4v) is 2.44. The minimum Gasteiger partial charge on any atom is -0.392 e. The molecular weight excluding hydrogens is 214 g/mol. The van der Waals surface area contributed by atoms with E-state index in [2.05, 4.69) is 27.8 Å². The van der Waals surface area contributed by atoms with Crippen LogP contribution in [0.3, 0.4) is 0 Å². The van der Waals surface area contributed by atoms with E-state index < -0.39 is 0 Å². The van der Waals surface area contributed by atoms with Gasteiger partial charge in [0.15, 0.2) is 0 Å². The second-order valence-corrected chi connectivity index (χ2v) is 4.84. The Hall–Kier alpha value is -1.13. The van der Waals surface area contributed by atoms with Crippen LogP contribution in [0.15, 0.2) is 24.4 Å². The van der Waals surface area contributed by atoms with Crippen LogP contribution in [-0.2, 0) is 0 Å². The lowest BCUT2D eigenvalue weighted by Crippen LogP contribution is -2.53. The fourth-order valence-electron chi connectivity index (χ4n) is 2.44. The zero-order valence-electron chi connectivity index (χ0n) is 10.6. The van der Waals surface area contributed by atoms with E-state index in [1.807, 2.05) is 25.3 Å². The summed E-state index contributed by atoms with van der Waals surface area (Å²) < 4.78 is 0. The number of aromatic nitrogens is 1. The summed E-state index contributed by atoms with van der Waals surface area (Å²) >= 11 is 0. The van der Waals surface area contributed by atoms with Crippen LogP contribution in [0, 0.1) is 0 Å². The molecule has 0 spiro atoms. The lowest BCUT2D eigenvalue weighted by Gasteiger charge is -2.40. The molecule has 0 saturated carbocycles. The van der Waals surface area contributed by atoms with Gasteiger partial charge in [-0.25, -0.2) is 4.98 Å². The Balaban J connectivity index is 1.97. The van der Waals surface area contributed by atoms with Crippen molar-refractivity contribution in [1.82, 2.24) is 9.88 Å². The summed E-state index contributed by atoms with van der Waals surface area (Å²) in [5.41, 5.74) is 0. The Bertz CT molecular complexity index is 342. The van der Waals surface area contributed by atoms with Gasteiger partial charge in [-0.3, -0.25) is 4.90 Å². The van der Waals surface area contributed by atoms with Crippen molar-refractivity contribution in [2.24, 2.45) is 0 Å². The Morgan fingerprint density at radius 2 is 2.29 bits per heavy atom. The molecule has 1 aliphatic heterocycles. The van der Waals surface area contributed by atoms with Crippen LogP contribution in [0.4, 0.5) is 5.82 Å². The van der Waals surface area contributed by atoms with Crippen molar-refractivity contribution in [3.63, 3.8) is 0 Å². The number of pyridine rings is 1. The molecule has 0 aliphatic carbocycles. The lowest BCUT2D eigenvalue weighted by atomic mass is 10.1. The van der Waals surface area contributed by atoms with E-state index in [1.165, 1.54) is 0 Å². The van der Waals surface area contributed by atoms with Gasteiger partial charge in [-0.15, -0.1) is 0 Å². The highest BCUT2D eigenvalue weighted by atomic mass is 16.3. The smallest absolute Gasteiger partial charge is 0.128 e. The van der Waals surface area contributed by atoms with E-state index in [4.69, 9.17) is 0 Å². The molecule has 2 atom stereocenters. The molecule has 1 aromatic rings. The molecule has 2 rings (SSSR count). The molecule has 1 fully saturated rings. The van der Waals surface area contributed by atoms with Crippen LogP contribution >= 0.6 is 0 Å². The predicted octanol–water partition coefficient (Wildman–Crippen LogP) is 0.973. The van der Waals surface area contributed by atoms with Crippen molar-refractivity contribution in [2.75, 3.05) is 31.1 Å². The molecule has 2 heterocycles. The number of hydrogen-bond donors (Lipinski definition) is 1. The van der Waals surface area contributed by atoms with Crippen LogP contribution in [0.5, 0.6) is 0 Å². The van der Waals surface area contributed by atoms with Gasteiger partial charge in [-0.1, -0.05) is 6.07 Å². The maximum atomic E-state index is 9.41. The van der Waals surface area contributed by atoms with Gasteiger partial charge in [0.25, 0.3) is 0 Å². The van der Waals surface area contributed by atoms with E-state index >= 15 is 0 Å². The second kappa shape index (κ2) is 5.47. The first-order valence-electron chi connectivity index (χ1n) is 6.25. The van der Waals surface area contributed by atoms with Crippen LogP contribution in [0.2, 0.25) is 0 Å². The molecule has 2 unspecified atom stereocenters. The topological polar surface area (TPSA) is 39.6 Å². The Morgan fingerprint density at radius 1 is 1.47 bits per heavy atom. The first-order chi connectivity index (χ1) is 8.16. The number of β-amino-alcohol motifs (C(OH)–C–C–N with tert-alkyl or cyclic N) is 1. The summed E-state index contributed by atoms with van der Waals surface area (Å²) in [6, 6.07) is 6.47. The first kappa shape index (κ1) is 12.3. The standard InChI is InChI=1S/C13H21N3O/c1-11-9-15(10-12(2)17)7-8-16(11)13-5-3-4-6-14-13/h3-6,11-12,17H,7-10H2,1-2H3. The van der Waals surface area contributed by atoms with E-state index in [0.717, 1.165) is 32.0 Å². The Morgan fingerprint density at radius 3 is 2.88 bits per heavy atom. The Labute approximate surface area is 103 Å². The minimum atomic E-state index is -0.247. The maximum absolute atomic E-state index is 9.41. The largest absolute Gasteiger partial charge is 0.392 e. The third-order valence-electron chi connectivity index (χ3n) is 3.18. The predicted molar refractivity (Wildman–Crippen MR) is 69.2 cm³/mol. The molecule has 17 heavy (non-hydrogen) atoms. The molecule has 4 heteroatoms. The van der Waals surface area contributed by atoms with Gasteiger partial charge >= 0.3 is 0 Å². The van der Waals surface area contributed by atoms with Crippen molar-refractivity contribution >= 4 is 5.82 Å². The summed E-state index contributed by atoms with van der Waals surface area (Å²) in [4.78, 5) is 9.04. The van der Waals surface area contributed by atoms with Crippen LogP contribution in [0.25, 0.3) is 0 Å². The minimum absolute atomic E-state index is 0.247. The van der Waals surface area contributed by atoms with Crippen LogP contribution in [-0.4, -0.2) is 53.3 Å². The summed E-state index contributed by atoms with van der Waals surface area (Å²) in [5, 5.41) is 9.41. The van der Waals surface area contributed by atoms with Gasteiger partial charge in [0.05, 0.1) is 6.10 Å². The molecule has 0 aromatic carbocycles. The normalized spacial score (nSPS) is 23.7. The molecule has 1 saturated heterocycles. The first-order valence-corrected chi connectivity index (χ1v) is 6.25. The molecule has 1 N–H and O–H groups in total. The fraction of sp³-hybridized carbons (Fsp3) is 0.615. The van der Waals surface area contributed by atoms with Crippen molar-refractivity contribution in [1.29, 1.82) is 0 Å². The molecule has 94 valence electrons. The van der Waals surface area contributed by atoms with Gasteiger partial charge in [-0.2, -0.15) is 0 Å². The molecule has 0 amide bonds. The molecule has 0 radical (unpaired) electrons. The number of aliphatic hydroxyl groups is 1. The highest BCUT2D eigenvalue weighted by molar-refractivity contribution is 5.39. The summed E-state index contributed by atoms with van der Waals surface area (Å²) in [6.07, 6.45) is 1.59. The molecule has 4 nitrogen and oxygen atoms in total. The molecule has 1 aromatic heterocycles. The number of rotatable bonds is 3. The summed E-state index contributed by atoms with van der Waals surface area (Å²) in [6.45, 7) is 7.78. The number of anilines is 1. The Kier molecular flexibility index (Phi) is 3.97. The monoisotopic (exact) mass is 235 g/mol. The molecular formula is C13H21N3O. The van der Waals surface area contributed by atoms with Crippen LogP contribution < -0.4 is 4.90 Å². The van der Waals surface area contributed by atoms with Crippen molar-refractivity contribution in [3.05, 3.63) is 24.4 Å². The van der Waals surface area contributed by atoms with Crippen molar-refractivity contribution < 1.29 is 5.11 Å². The third kappa shape index (κ3) is 3.17. The number of nitrogens with zero attached hydrogens (tertiary/aromatic N) is 3. The van der Waals surface area contributed by atoms with E-state index in [-0.39, 0.29) is 6.10 Å². The second-order valence-electron chi connectivity index (χ2n) is 4.84. The maximum Gasteiger partial charge on any atom is 0.128 e. The third-order valence-corrected chi connectivity index (χ3v) is 3.18. The average Bonchev–Trinajstić information content (AvgIpc) is 2.29. The van der Waals surface area contributed by atoms with Gasteiger partial charge < -0.3 is 10.0 Å². The van der Waals surface area contributed by atoms with Crippen LogP contribution in [0.1, 0.15) is 13.8 Å². The lowest BCUT2D eigenvalue weighted by molar-refractivity contribution is 0.114. The highest BCUT2D eigenvalue weighted by Crippen LogP contribution is 2.17. The van der Waals surface area contributed by atoms with E-state index in [9.17, 15) is 5.11 Å². The SMILES string of the molecule is CC(O)CN1CCN(c2ccccn2)C(C)C1. The quantitative estimate of drug-likeness (QED) is 0.847. The van der Waals surface area contributed by atoms with E-state index in [1.54, 1.807) is 0 Å². The van der Waals surface area contributed by atoms with E-state index in [0.29, 0.717) is 6.04 Å².